The van der Waals surface area contributed by atoms with Gasteiger partial charge in [-0.1, -0.05) is 24.3 Å². The molecule has 1 aliphatic carbocycles. The van der Waals surface area contributed by atoms with Crippen LogP contribution in [0.4, 0.5) is 0 Å². The Morgan fingerprint density at radius 2 is 2.21 bits per heavy atom. The van der Waals surface area contributed by atoms with Crippen LogP contribution in [0.5, 0.6) is 0 Å². The van der Waals surface area contributed by atoms with Crippen LogP contribution < -0.4 is 5.32 Å². The molecule has 2 rings (SSSR count). The van der Waals surface area contributed by atoms with E-state index < -0.39 is 6.04 Å². The van der Waals surface area contributed by atoms with E-state index in [0.29, 0.717) is 19.4 Å². The van der Waals surface area contributed by atoms with E-state index >= 15 is 0 Å². The van der Waals surface area contributed by atoms with Gasteiger partial charge in [0.2, 0.25) is 5.91 Å². The molecule has 1 unspecified atom stereocenters. The van der Waals surface area contributed by atoms with Crippen molar-refractivity contribution in [2.75, 3.05) is 6.54 Å². The van der Waals surface area contributed by atoms with Crippen molar-refractivity contribution in [2.24, 2.45) is 5.92 Å². The minimum Gasteiger partial charge on any atom is -0.336 e. The molecule has 101 valence electrons. The van der Waals surface area contributed by atoms with Gasteiger partial charge < -0.3 is 5.32 Å². The standard InChI is InChI=1S/C14H17N2O3/c17-10-15-12-8-4-5-9-16(14(12)19)13(18)11-6-2-1-3-7-11/h1-3,6,11-12H,4-5,7-9H2,(H,15,17)/t11?,12-/m0/s1. The highest BCUT2D eigenvalue weighted by molar-refractivity contribution is 6.00. The quantitative estimate of drug-likeness (QED) is 0.600. The summed E-state index contributed by atoms with van der Waals surface area (Å²) >= 11 is 0. The Kier molecular flexibility index (Phi) is 4.49. The minimum atomic E-state index is -0.618. The lowest BCUT2D eigenvalue weighted by Gasteiger charge is -2.25. The summed E-state index contributed by atoms with van der Waals surface area (Å²) in [6.45, 7) is 0.433. The number of imide groups is 1. The second-order valence-electron chi connectivity index (χ2n) is 4.78. The second-order valence-corrected chi connectivity index (χ2v) is 4.78. The summed E-state index contributed by atoms with van der Waals surface area (Å²) in [5, 5.41) is 2.38. The lowest BCUT2D eigenvalue weighted by Crippen LogP contribution is -2.49. The Morgan fingerprint density at radius 1 is 1.37 bits per heavy atom. The first-order valence-electron chi connectivity index (χ1n) is 6.55. The fourth-order valence-corrected chi connectivity index (χ4v) is 2.43. The normalized spacial score (nSPS) is 26.9. The number of nitrogens with zero attached hydrogens (tertiary/aromatic N) is 1. The summed E-state index contributed by atoms with van der Waals surface area (Å²) in [5.74, 6) is -0.757. The number of nitrogens with one attached hydrogen (secondary N) is 1. The van der Waals surface area contributed by atoms with Crippen molar-refractivity contribution in [1.82, 2.24) is 10.2 Å². The molecule has 0 aromatic heterocycles. The average molecular weight is 261 g/mol. The van der Waals surface area contributed by atoms with Crippen LogP contribution in [-0.4, -0.2) is 35.7 Å². The second kappa shape index (κ2) is 6.31. The monoisotopic (exact) mass is 261 g/mol. The maximum atomic E-state index is 12.4. The van der Waals surface area contributed by atoms with Gasteiger partial charge in [-0.2, -0.15) is 0 Å². The molecule has 19 heavy (non-hydrogen) atoms. The van der Waals surface area contributed by atoms with Gasteiger partial charge in [0.05, 0.1) is 5.92 Å². The van der Waals surface area contributed by atoms with E-state index in [2.05, 4.69) is 5.32 Å². The molecule has 0 bridgehead atoms. The van der Waals surface area contributed by atoms with Crippen LogP contribution in [0.2, 0.25) is 0 Å². The first-order chi connectivity index (χ1) is 9.24. The van der Waals surface area contributed by atoms with E-state index in [4.69, 9.17) is 0 Å². The van der Waals surface area contributed by atoms with Gasteiger partial charge in [0.15, 0.2) is 0 Å². The largest absolute Gasteiger partial charge is 0.336 e. The summed E-state index contributed by atoms with van der Waals surface area (Å²) in [7, 11) is 0. The first-order valence-corrected chi connectivity index (χ1v) is 6.55. The summed E-state index contributed by atoms with van der Waals surface area (Å²) in [4.78, 5) is 36.3. The predicted molar refractivity (Wildman–Crippen MR) is 69.6 cm³/mol. The third-order valence-corrected chi connectivity index (χ3v) is 3.49. The highest BCUT2D eigenvalue weighted by Crippen LogP contribution is 2.19. The highest BCUT2D eigenvalue weighted by atomic mass is 16.2. The summed E-state index contributed by atoms with van der Waals surface area (Å²) < 4.78 is 0. The van der Waals surface area contributed by atoms with Crippen molar-refractivity contribution in [1.29, 1.82) is 0 Å². The lowest BCUT2D eigenvalue weighted by atomic mass is 9.99. The van der Waals surface area contributed by atoms with E-state index in [1.807, 2.05) is 24.3 Å². The van der Waals surface area contributed by atoms with Crippen molar-refractivity contribution in [3.05, 3.63) is 24.3 Å². The van der Waals surface area contributed by atoms with Crippen LogP contribution in [0.3, 0.4) is 0 Å². The number of amides is 3. The SMILES string of the molecule is O=[C]N[C@H]1CCCCN(C(=O)C2C=CC=CC2)C1=O. The molecule has 0 saturated carbocycles. The third-order valence-electron chi connectivity index (χ3n) is 3.49. The molecule has 1 aliphatic heterocycles. The summed E-state index contributed by atoms with van der Waals surface area (Å²) in [6.07, 6.45) is 11.8. The van der Waals surface area contributed by atoms with Gasteiger partial charge in [-0.3, -0.25) is 19.3 Å². The molecule has 2 atom stereocenters. The molecule has 0 aromatic carbocycles. The molecule has 1 N–H and O–H groups in total. The van der Waals surface area contributed by atoms with E-state index in [1.54, 1.807) is 6.41 Å². The van der Waals surface area contributed by atoms with Crippen LogP contribution in [0.25, 0.3) is 0 Å². The van der Waals surface area contributed by atoms with E-state index in [-0.39, 0.29) is 17.7 Å². The smallest absolute Gasteiger partial charge is 0.309 e. The first kappa shape index (κ1) is 13.5. The molecule has 1 saturated heterocycles. The topological polar surface area (TPSA) is 66.5 Å². The molecule has 3 amide bonds. The van der Waals surface area contributed by atoms with Gasteiger partial charge >= 0.3 is 6.41 Å². The predicted octanol–water partition coefficient (Wildman–Crippen LogP) is 0.683. The van der Waals surface area contributed by atoms with Crippen molar-refractivity contribution in [3.63, 3.8) is 0 Å². The van der Waals surface area contributed by atoms with E-state index in [1.165, 1.54) is 4.90 Å². The Bertz CT molecular complexity index is 428. The maximum Gasteiger partial charge on any atom is 0.309 e. The number of allylic oxidation sites excluding steroid dienone is 3. The molecule has 0 aromatic rings. The highest BCUT2D eigenvalue weighted by Gasteiger charge is 2.33. The molecular formula is C14H17N2O3. The Labute approximate surface area is 112 Å². The van der Waals surface area contributed by atoms with Crippen LogP contribution in [0.1, 0.15) is 25.7 Å². The zero-order valence-electron chi connectivity index (χ0n) is 10.7. The third kappa shape index (κ3) is 3.10. The fraction of sp³-hybridized carbons (Fsp3) is 0.500. The molecule has 0 spiro atoms. The molecule has 1 heterocycles. The molecule has 2 aliphatic rings. The minimum absolute atomic E-state index is 0.176. The van der Waals surface area contributed by atoms with Crippen LogP contribution >= 0.6 is 0 Å². The lowest BCUT2D eigenvalue weighted by molar-refractivity contribution is -0.147. The Hall–Kier alpha value is -1.91. The van der Waals surface area contributed by atoms with E-state index in [0.717, 1.165) is 12.8 Å². The summed E-state index contributed by atoms with van der Waals surface area (Å²) in [5.41, 5.74) is 0. The Morgan fingerprint density at radius 3 is 2.89 bits per heavy atom. The maximum absolute atomic E-state index is 12.4. The van der Waals surface area contributed by atoms with Crippen LogP contribution in [-0.2, 0) is 14.4 Å². The summed E-state index contributed by atoms with van der Waals surface area (Å²) in [6, 6.07) is -0.618. The zero-order valence-corrected chi connectivity index (χ0v) is 10.7. The molecule has 5 nitrogen and oxygen atoms in total. The molecular weight excluding hydrogens is 244 g/mol. The van der Waals surface area contributed by atoms with Crippen molar-refractivity contribution >= 4 is 18.2 Å². The van der Waals surface area contributed by atoms with Crippen molar-refractivity contribution < 1.29 is 14.4 Å². The molecule has 1 fully saturated rings. The van der Waals surface area contributed by atoms with Crippen LogP contribution in [0.15, 0.2) is 24.3 Å². The van der Waals surface area contributed by atoms with E-state index in [9.17, 15) is 14.4 Å². The number of likely N-dealkylation sites (tertiary alicyclic amines) is 1. The molecule has 1 radical (unpaired) electrons. The molecule has 5 heteroatoms. The number of hydrogen-bond acceptors (Lipinski definition) is 3. The van der Waals surface area contributed by atoms with Gasteiger partial charge in [-0.05, 0) is 25.7 Å². The van der Waals surface area contributed by atoms with Crippen LogP contribution in [0, 0.1) is 5.92 Å². The van der Waals surface area contributed by atoms with Crippen molar-refractivity contribution in [2.45, 2.75) is 31.7 Å². The number of rotatable bonds is 3. The van der Waals surface area contributed by atoms with Gasteiger partial charge in [0, 0.05) is 6.54 Å². The number of carbonyl (C=O) groups is 2. The van der Waals surface area contributed by atoms with Gasteiger partial charge in [-0.25, -0.2) is 0 Å². The average Bonchev–Trinajstić information content (AvgIpc) is 2.62. The Balaban J connectivity index is 2.09. The van der Waals surface area contributed by atoms with Gasteiger partial charge in [0.1, 0.15) is 6.04 Å². The van der Waals surface area contributed by atoms with Crippen molar-refractivity contribution in [3.8, 4) is 0 Å². The zero-order chi connectivity index (χ0) is 13.7. The van der Waals surface area contributed by atoms with Gasteiger partial charge in [-0.15, -0.1) is 0 Å². The number of hydrogen-bond donors (Lipinski definition) is 1. The number of carbonyl (C=O) groups excluding carboxylic acids is 3. The fourth-order valence-electron chi connectivity index (χ4n) is 2.43. The van der Waals surface area contributed by atoms with Gasteiger partial charge in [0.25, 0.3) is 5.91 Å².